The van der Waals surface area contributed by atoms with Gasteiger partial charge in [0.05, 0.1) is 23.1 Å². The van der Waals surface area contributed by atoms with E-state index in [4.69, 9.17) is 0 Å². The Bertz CT molecular complexity index is 1280. The summed E-state index contributed by atoms with van der Waals surface area (Å²) >= 11 is 0. The number of benzene rings is 2. The van der Waals surface area contributed by atoms with Crippen LogP contribution in [-0.2, 0) is 4.79 Å². The first-order valence-electron chi connectivity index (χ1n) is 9.87. The molecule has 0 saturated heterocycles. The van der Waals surface area contributed by atoms with Crippen LogP contribution in [0.1, 0.15) is 48.9 Å². The van der Waals surface area contributed by atoms with Gasteiger partial charge < -0.3 is 9.67 Å². The number of nitrogens with zero attached hydrogens (tertiary/aromatic N) is 2. The zero-order valence-electron chi connectivity index (χ0n) is 16.5. The largest absolute Gasteiger partial charge is 0.481 e. The van der Waals surface area contributed by atoms with Crippen LogP contribution in [0.2, 0.25) is 0 Å². The van der Waals surface area contributed by atoms with Crippen molar-refractivity contribution in [3.05, 3.63) is 59.2 Å². The van der Waals surface area contributed by atoms with Crippen LogP contribution in [0.5, 0.6) is 0 Å². The summed E-state index contributed by atoms with van der Waals surface area (Å²) in [5.74, 6) is -1.16. The van der Waals surface area contributed by atoms with Gasteiger partial charge in [-0.3, -0.25) is 9.89 Å². The standard InChI is InChI=1S/C23H22FN3O2/c1-11(2)22-21(15-8-16(15)23(28)29)17-9-19-13(10-25-26-19)7-20(17)27(22)14-4-5-18(24)12(3)6-14/h4-7,9-11,15-16H,8H2,1-3H3,(H,25,26)(H,28,29)/t15-,16-/m0/s1. The smallest absolute Gasteiger partial charge is 0.307 e. The third-order valence-corrected chi connectivity index (χ3v) is 6.03. The average Bonchev–Trinajstić information content (AvgIpc) is 3.21. The molecule has 1 aliphatic rings. The SMILES string of the molecule is Cc1cc(-n2c(C(C)C)c([C@H]3C[C@@H]3C(=O)O)c3cc4[nH]ncc4cc32)ccc1F. The molecular weight excluding hydrogens is 369 g/mol. The number of hydrogen-bond donors (Lipinski definition) is 2. The summed E-state index contributed by atoms with van der Waals surface area (Å²) in [5.41, 5.74) is 5.59. The Morgan fingerprint density at radius 3 is 2.76 bits per heavy atom. The molecule has 2 N–H and O–H groups in total. The molecule has 2 aromatic heterocycles. The molecule has 0 unspecified atom stereocenters. The van der Waals surface area contributed by atoms with Crippen molar-refractivity contribution in [3.8, 4) is 5.69 Å². The molecule has 0 amide bonds. The fraction of sp³-hybridized carbons (Fsp3) is 0.304. The highest BCUT2D eigenvalue weighted by Crippen LogP contribution is 2.53. The summed E-state index contributed by atoms with van der Waals surface area (Å²) < 4.78 is 16.1. The fourth-order valence-corrected chi connectivity index (χ4v) is 4.56. The molecular formula is C23H22FN3O2. The lowest BCUT2D eigenvalue weighted by molar-refractivity contribution is -0.138. The number of rotatable bonds is 4. The number of aliphatic carboxylic acids is 1. The number of halogens is 1. The van der Waals surface area contributed by atoms with Gasteiger partial charge in [0.15, 0.2) is 0 Å². The number of aromatic nitrogens is 3. The number of H-pyrrole nitrogens is 1. The number of aromatic amines is 1. The molecule has 2 atom stereocenters. The second-order valence-electron chi connectivity index (χ2n) is 8.34. The van der Waals surface area contributed by atoms with Gasteiger partial charge in [0, 0.05) is 28.1 Å². The van der Waals surface area contributed by atoms with Gasteiger partial charge in [0.25, 0.3) is 0 Å². The summed E-state index contributed by atoms with van der Waals surface area (Å²) in [6.45, 7) is 6.00. The Morgan fingerprint density at radius 1 is 1.31 bits per heavy atom. The van der Waals surface area contributed by atoms with E-state index in [0.29, 0.717) is 12.0 Å². The van der Waals surface area contributed by atoms with Gasteiger partial charge in [-0.1, -0.05) is 13.8 Å². The van der Waals surface area contributed by atoms with Crippen LogP contribution in [0.3, 0.4) is 0 Å². The molecule has 5 rings (SSSR count). The first-order chi connectivity index (χ1) is 13.9. The normalized spacial score (nSPS) is 18.8. The van der Waals surface area contributed by atoms with E-state index in [-0.39, 0.29) is 23.6 Å². The van der Waals surface area contributed by atoms with Gasteiger partial charge in [-0.2, -0.15) is 5.10 Å². The first-order valence-corrected chi connectivity index (χ1v) is 9.87. The van der Waals surface area contributed by atoms with Crippen molar-refractivity contribution in [2.24, 2.45) is 5.92 Å². The molecule has 148 valence electrons. The highest BCUT2D eigenvalue weighted by atomic mass is 19.1. The molecule has 4 aromatic rings. The van der Waals surface area contributed by atoms with E-state index < -0.39 is 5.97 Å². The molecule has 1 aliphatic carbocycles. The number of hydrogen-bond acceptors (Lipinski definition) is 2. The summed E-state index contributed by atoms with van der Waals surface area (Å²) in [4.78, 5) is 11.6. The molecule has 1 fully saturated rings. The lowest BCUT2D eigenvalue weighted by Gasteiger charge is -2.16. The van der Waals surface area contributed by atoms with Crippen molar-refractivity contribution in [3.63, 3.8) is 0 Å². The molecule has 0 aliphatic heterocycles. The van der Waals surface area contributed by atoms with Gasteiger partial charge >= 0.3 is 5.97 Å². The predicted octanol–water partition coefficient (Wildman–Crippen LogP) is 5.27. The lowest BCUT2D eigenvalue weighted by atomic mass is 9.98. The lowest BCUT2D eigenvalue weighted by Crippen LogP contribution is -2.06. The number of nitrogens with one attached hydrogen (secondary N) is 1. The van der Waals surface area contributed by atoms with Crippen LogP contribution < -0.4 is 0 Å². The maximum atomic E-state index is 14.0. The quantitative estimate of drug-likeness (QED) is 0.498. The fourth-order valence-electron chi connectivity index (χ4n) is 4.56. The second kappa shape index (κ2) is 6.17. The van der Waals surface area contributed by atoms with Gasteiger partial charge in [0.1, 0.15) is 5.82 Å². The zero-order valence-corrected chi connectivity index (χ0v) is 16.5. The van der Waals surface area contributed by atoms with Crippen molar-refractivity contribution in [1.29, 1.82) is 0 Å². The molecule has 6 heteroatoms. The number of fused-ring (bicyclic) bond motifs is 2. The summed E-state index contributed by atoms with van der Waals surface area (Å²) in [6.07, 6.45) is 2.44. The van der Waals surface area contributed by atoms with E-state index in [9.17, 15) is 14.3 Å². The van der Waals surface area contributed by atoms with E-state index in [0.717, 1.165) is 38.8 Å². The summed E-state index contributed by atoms with van der Waals surface area (Å²) in [7, 11) is 0. The minimum Gasteiger partial charge on any atom is -0.481 e. The van der Waals surface area contributed by atoms with Crippen LogP contribution in [0.15, 0.2) is 36.5 Å². The molecule has 29 heavy (non-hydrogen) atoms. The Balaban J connectivity index is 1.88. The number of carboxylic acid groups (broad SMARTS) is 1. The van der Waals surface area contributed by atoms with Gasteiger partial charge in [0.2, 0.25) is 0 Å². The van der Waals surface area contributed by atoms with Crippen LogP contribution in [-0.4, -0.2) is 25.8 Å². The molecule has 1 saturated carbocycles. The number of carbonyl (C=O) groups is 1. The van der Waals surface area contributed by atoms with Crippen molar-refractivity contribution >= 4 is 27.8 Å². The molecule has 2 heterocycles. The second-order valence-corrected chi connectivity index (χ2v) is 8.34. The van der Waals surface area contributed by atoms with Gasteiger partial charge in [-0.25, -0.2) is 4.39 Å². The molecule has 2 aromatic carbocycles. The molecule has 0 radical (unpaired) electrons. The van der Waals surface area contributed by atoms with Crippen molar-refractivity contribution in [1.82, 2.24) is 14.8 Å². The molecule has 0 spiro atoms. The van der Waals surface area contributed by atoms with E-state index in [1.54, 1.807) is 19.2 Å². The van der Waals surface area contributed by atoms with E-state index >= 15 is 0 Å². The third kappa shape index (κ3) is 2.66. The molecule has 0 bridgehead atoms. The van der Waals surface area contributed by atoms with E-state index in [1.807, 2.05) is 6.07 Å². The van der Waals surface area contributed by atoms with Crippen LogP contribution in [0, 0.1) is 18.7 Å². The number of carboxylic acids is 1. The summed E-state index contributed by atoms with van der Waals surface area (Å²) in [6, 6.07) is 9.29. The van der Waals surface area contributed by atoms with Crippen molar-refractivity contribution in [2.45, 2.75) is 39.0 Å². The van der Waals surface area contributed by atoms with Gasteiger partial charge in [-0.15, -0.1) is 0 Å². The maximum Gasteiger partial charge on any atom is 0.307 e. The van der Waals surface area contributed by atoms with Crippen LogP contribution >= 0.6 is 0 Å². The highest BCUT2D eigenvalue weighted by molar-refractivity contribution is 5.99. The Kier molecular flexibility index (Phi) is 3.81. The Hall–Kier alpha value is -3.15. The number of aryl methyl sites for hydroxylation is 1. The zero-order chi connectivity index (χ0) is 20.4. The van der Waals surface area contributed by atoms with E-state index in [2.05, 4.69) is 40.7 Å². The predicted molar refractivity (Wildman–Crippen MR) is 110 cm³/mol. The van der Waals surface area contributed by atoms with Crippen LogP contribution in [0.25, 0.3) is 27.5 Å². The van der Waals surface area contributed by atoms with E-state index in [1.165, 1.54) is 6.07 Å². The first kappa shape index (κ1) is 17.9. The summed E-state index contributed by atoms with van der Waals surface area (Å²) in [5, 5.41) is 18.7. The molecule has 5 nitrogen and oxygen atoms in total. The van der Waals surface area contributed by atoms with Crippen LogP contribution in [0.4, 0.5) is 4.39 Å². The third-order valence-electron chi connectivity index (χ3n) is 6.03. The average molecular weight is 391 g/mol. The highest BCUT2D eigenvalue weighted by Gasteiger charge is 2.47. The monoisotopic (exact) mass is 391 g/mol. The van der Waals surface area contributed by atoms with Gasteiger partial charge in [-0.05, 0) is 60.7 Å². The van der Waals surface area contributed by atoms with Crippen molar-refractivity contribution < 1.29 is 14.3 Å². The maximum absolute atomic E-state index is 14.0. The Labute approximate surface area is 167 Å². The minimum absolute atomic E-state index is 0.00410. The Morgan fingerprint density at radius 2 is 2.10 bits per heavy atom. The minimum atomic E-state index is -0.745. The topological polar surface area (TPSA) is 70.9 Å². The van der Waals surface area contributed by atoms with Crippen molar-refractivity contribution in [2.75, 3.05) is 0 Å².